The molecular formula is C27H23N5O3. The average Bonchev–Trinajstić information content (AvgIpc) is 3.53. The molecule has 5 rings (SSSR count). The number of nitrogens with one attached hydrogen (secondary N) is 3. The lowest BCUT2D eigenvalue weighted by atomic mass is 10.1. The van der Waals surface area contributed by atoms with Gasteiger partial charge in [0.15, 0.2) is 5.69 Å². The number of rotatable bonds is 6. The Morgan fingerprint density at radius 1 is 0.943 bits per heavy atom. The molecule has 2 amide bonds. The van der Waals surface area contributed by atoms with Gasteiger partial charge in [-0.3, -0.25) is 20.4 Å². The van der Waals surface area contributed by atoms with E-state index in [0.29, 0.717) is 0 Å². The van der Waals surface area contributed by atoms with Crippen LogP contribution in [0.1, 0.15) is 16.1 Å². The normalized spacial score (nSPS) is 10.8. The highest BCUT2D eigenvalue weighted by molar-refractivity contribution is 5.95. The predicted octanol–water partition coefficient (Wildman–Crippen LogP) is 4.03. The van der Waals surface area contributed by atoms with Crippen LogP contribution in [0.2, 0.25) is 0 Å². The minimum atomic E-state index is -0.512. The Bertz CT molecular complexity index is 1490. The highest BCUT2D eigenvalue weighted by Crippen LogP contribution is 2.26. The summed E-state index contributed by atoms with van der Waals surface area (Å²) in [6.07, 6.45) is 1.93. The van der Waals surface area contributed by atoms with Crippen molar-refractivity contribution in [2.75, 3.05) is 7.11 Å². The van der Waals surface area contributed by atoms with Crippen LogP contribution < -0.4 is 15.6 Å². The molecule has 174 valence electrons. The first-order valence-corrected chi connectivity index (χ1v) is 11.1. The van der Waals surface area contributed by atoms with Crippen LogP contribution in [0.15, 0.2) is 91.1 Å². The summed E-state index contributed by atoms with van der Waals surface area (Å²) in [5.41, 5.74) is 9.35. The number of benzene rings is 3. The number of fused-ring (bicyclic) bond motifs is 1. The molecular weight excluding hydrogens is 442 g/mol. The summed E-state index contributed by atoms with van der Waals surface area (Å²) in [4.78, 5) is 28.5. The second-order valence-corrected chi connectivity index (χ2v) is 7.93. The topological polar surface area (TPSA) is 101 Å². The third kappa shape index (κ3) is 4.63. The number of H-pyrrole nitrogens is 1. The SMILES string of the molecule is COc1ccc(-c2cc(C(=O)NNC(=O)Cc3c[nH]c4ccccc34)nn2-c2ccccc2)cc1. The van der Waals surface area contributed by atoms with E-state index in [2.05, 4.69) is 20.9 Å². The summed E-state index contributed by atoms with van der Waals surface area (Å²) in [6, 6.07) is 26.5. The van der Waals surface area contributed by atoms with Crippen molar-refractivity contribution in [1.82, 2.24) is 25.6 Å². The molecule has 8 nitrogen and oxygen atoms in total. The van der Waals surface area contributed by atoms with E-state index in [1.54, 1.807) is 24.1 Å². The van der Waals surface area contributed by atoms with Gasteiger partial charge in [-0.05, 0) is 54.1 Å². The Morgan fingerprint density at radius 2 is 1.69 bits per heavy atom. The summed E-state index contributed by atoms with van der Waals surface area (Å²) in [5.74, 6) is -0.113. The number of hydrogen-bond acceptors (Lipinski definition) is 4. The quantitative estimate of drug-likeness (QED) is 0.330. The van der Waals surface area contributed by atoms with Gasteiger partial charge in [0.05, 0.1) is 24.9 Å². The van der Waals surface area contributed by atoms with Crippen LogP contribution >= 0.6 is 0 Å². The zero-order chi connectivity index (χ0) is 24.2. The highest BCUT2D eigenvalue weighted by Gasteiger charge is 2.18. The van der Waals surface area contributed by atoms with Gasteiger partial charge in [-0.25, -0.2) is 4.68 Å². The van der Waals surface area contributed by atoms with Gasteiger partial charge in [0.25, 0.3) is 5.91 Å². The first-order valence-electron chi connectivity index (χ1n) is 11.1. The largest absolute Gasteiger partial charge is 0.497 e. The summed E-state index contributed by atoms with van der Waals surface area (Å²) in [7, 11) is 1.61. The molecule has 5 aromatic rings. The van der Waals surface area contributed by atoms with Gasteiger partial charge in [-0.2, -0.15) is 5.10 Å². The number of aromatic nitrogens is 3. The lowest BCUT2D eigenvalue weighted by Crippen LogP contribution is -2.42. The number of ether oxygens (including phenoxy) is 1. The fourth-order valence-corrected chi connectivity index (χ4v) is 3.91. The van der Waals surface area contributed by atoms with Crippen molar-refractivity contribution >= 4 is 22.7 Å². The zero-order valence-corrected chi connectivity index (χ0v) is 19.0. The maximum absolute atomic E-state index is 12.9. The molecule has 0 radical (unpaired) electrons. The van der Waals surface area contributed by atoms with E-state index in [0.717, 1.165) is 39.2 Å². The molecule has 0 aliphatic carbocycles. The van der Waals surface area contributed by atoms with Crippen LogP contribution in [-0.2, 0) is 11.2 Å². The molecule has 0 fully saturated rings. The van der Waals surface area contributed by atoms with Crippen LogP contribution in [0, 0.1) is 0 Å². The monoisotopic (exact) mass is 465 g/mol. The van der Waals surface area contributed by atoms with Crippen molar-refractivity contribution < 1.29 is 14.3 Å². The zero-order valence-electron chi connectivity index (χ0n) is 19.0. The van der Waals surface area contributed by atoms with Gasteiger partial charge in [-0.15, -0.1) is 0 Å². The predicted molar refractivity (Wildman–Crippen MR) is 133 cm³/mol. The van der Waals surface area contributed by atoms with E-state index >= 15 is 0 Å². The summed E-state index contributed by atoms with van der Waals surface area (Å²) in [6.45, 7) is 0. The minimum Gasteiger partial charge on any atom is -0.497 e. The number of hydrogen-bond donors (Lipinski definition) is 3. The molecule has 0 aliphatic rings. The van der Waals surface area contributed by atoms with Gasteiger partial charge in [0, 0.05) is 22.7 Å². The molecule has 2 heterocycles. The summed E-state index contributed by atoms with van der Waals surface area (Å²) < 4.78 is 6.95. The summed E-state index contributed by atoms with van der Waals surface area (Å²) >= 11 is 0. The Hall–Kier alpha value is -4.85. The van der Waals surface area contributed by atoms with Crippen molar-refractivity contribution in [3.8, 4) is 22.7 Å². The second kappa shape index (κ2) is 9.56. The lowest BCUT2D eigenvalue weighted by molar-refractivity contribution is -0.121. The molecule has 0 atom stereocenters. The van der Waals surface area contributed by atoms with Crippen LogP contribution in [0.25, 0.3) is 27.8 Å². The third-order valence-electron chi connectivity index (χ3n) is 5.67. The molecule has 2 aromatic heterocycles. The maximum atomic E-state index is 12.9. The minimum absolute atomic E-state index is 0.125. The third-order valence-corrected chi connectivity index (χ3v) is 5.67. The number of nitrogens with zero attached hydrogens (tertiary/aromatic N) is 2. The van der Waals surface area contributed by atoms with E-state index in [1.807, 2.05) is 78.9 Å². The summed E-state index contributed by atoms with van der Waals surface area (Å²) in [5, 5.41) is 5.48. The number of aromatic amines is 1. The Kier molecular flexibility index (Phi) is 6.00. The first-order chi connectivity index (χ1) is 17.1. The number of hydrazine groups is 1. The number of carbonyl (C=O) groups excluding carboxylic acids is 2. The number of methoxy groups -OCH3 is 1. The average molecular weight is 466 g/mol. The number of para-hydroxylation sites is 2. The molecule has 0 aliphatic heterocycles. The Balaban J connectivity index is 1.34. The molecule has 0 spiro atoms. The van der Waals surface area contributed by atoms with Crippen molar-refractivity contribution in [3.05, 3.63) is 102 Å². The van der Waals surface area contributed by atoms with Crippen LogP contribution in [0.5, 0.6) is 5.75 Å². The van der Waals surface area contributed by atoms with Gasteiger partial charge in [0.1, 0.15) is 5.75 Å². The van der Waals surface area contributed by atoms with Gasteiger partial charge < -0.3 is 9.72 Å². The Morgan fingerprint density at radius 3 is 2.46 bits per heavy atom. The van der Waals surface area contributed by atoms with E-state index in [9.17, 15) is 9.59 Å². The smallest absolute Gasteiger partial charge is 0.290 e. The fourth-order valence-electron chi connectivity index (χ4n) is 3.91. The Labute approximate surface area is 201 Å². The number of amides is 2. The first kappa shape index (κ1) is 22.0. The second-order valence-electron chi connectivity index (χ2n) is 7.93. The molecule has 0 bridgehead atoms. The number of carbonyl (C=O) groups is 2. The van der Waals surface area contributed by atoms with Crippen LogP contribution in [0.4, 0.5) is 0 Å². The van der Waals surface area contributed by atoms with E-state index in [1.165, 1.54) is 0 Å². The molecule has 0 saturated heterocycles. The van der Waals surface area contributed by atoms with Crippen molar-refractivity contribution in [2.24, 2.45) is 0 Å². The highest BCUT2D eigenvalue weighted by atomic mass is 16.5. The van der Waals surface area contributed by atoms with Gasteiger partial charge >= 0.3 is 0 Å². The molecule has 8 heteroatoms. The maximum Gasteiger partial charge on any atom is 0.290 e. The van der Waals surface area contributed by atoms with Crippen molar-refractivity contribution in [2.45, 2.75) is 6.42 Å². The van der Waals surface area contributed by atoms with Crippen molar-refractivity contribution in [3.63, 3.8) is 0 Å². The van der Waals surface area contributed by atoms with Crippen LogP contribution in [0.3, 0.4) is 0 Å². The lowest BCUT2D eigenvalue weighted by Gasteiger charge is -2.08. The van der Waals surface area contributed by atoms with E-state index in [4.69, 9.17) is 4.74 Å². The fraction of sp³-hybridized carbons (Fsp3) is 0.0741. The molecule has 3 N–H and O–H groups in total. The molecule has 0 saturated carbocycles. The van der Waals surface area contributed by atoms with Gasteiger partial charge in [-0.1, -0.05) is 36.4 Å². The van der Waals surface area contributed by atoms with Crippen molar-refractivity contribution in [1.29, 1.82) is 0 Å². The van der Waals surface area contributed by atoms with E-state index in [-0.39, 0.29) is 18.0 Å². The standard InChI is InChI=1S/C27H23N5O3/c1-35-21-13-11-18(12-14-21)25-16-24(31-32(25)20-7-3-2-4-8-20)27(34)30-29-26(33)15-19-17-28-23-10-6-5-9-22(19)23/h2-14,16-17,28H,15H2,1H3,(H,29,33)(H,30,34). The molecule has 0 unspecified atom stereocenters. The van der Waals surface area contributed by atoms with Gasteiger partial charge in [0.2, 0.25) is 5.91 Å². The molecule has 3 aromatic carbocycles. The molecule has 35 heavy (non-hydrogen) atoms. The van der Waals surface area contributed by atoms with Crippen LogP contribution in [-0.4, -0.2) is 33.7 Å². The van der Waals surface area contributed by atoms with E-state index < -0.39 is 5.91 Å².